The summed E-state index contributed by atoms with van der Waals surface area (Å²) in [7, 11) is 0. The zero-order valence-corrected chi connectivity index (χ0v) is 16.4. The van der Waals surface area contributed by atoms with Crippen LogP contribution in [-0.2, 0) is 22.4 Å². The van der Waals surface area contributed by atoms with E-state index in [4.69, 9.17) is 0 Å². The Labute approximate surface area is 167 Å². The molecule has 4 heteroatoms. The molecule has 0 radical (unpaired) electrons. The van der Waals surface area contributed by atoms with Crippen LogP contribution in [0, 0.1) is 11.8 Å². The Hall–Kier alpha value is -2.62. The smallest absolute Gasteiger partial charge is 0.223 e. The van der Waals surface area contributed by atoms with Crippen molar-refractivity contribution in [3.8, 4) is 0 Å². The molecule has 2 atom stereocenters. The predicted octanol–water partition coefficient (Wildman–Crippen LogP) is 3.51. The van der Waals surface area contributed by atoms with Gasteiger partial charge in [0.15, 0.2) is 0 Å². The third kappa shape index (κ3) is 6.22. The second kappa shape index (κ2) is 10.6. The van der Waals surface area contributed by atoms with Crippen LogP contribution in [0.15, 0.2) is 60.7 Å². The summed E-state index contributed by atoms with van der Waals surface area (Å²) in [5.41, 5.74) is 2.45. The fourth-order valence-corrected chi connectivity index (χ4v) is 3.90. The highest BCUT2D eigenvalue weighted by molar-refractivity contribution is 5.82. The lowest BCUT2D eigenvalue weighted by Crippen LogP contribution is -2.39. The second-order valence-electron chi connectivity index (χ2n) is 7.61. The molecule has 0 spiro atoms. The first kappa shape index (κ1) is 20.1. The summed E-state index contributed by atoms with van der Waals surface area (Å²) in [4.78, 5) is 25.0. The molecule has 2 amide bonds. The average Bonchev–Trinajstić information content (AvgIpc) is 2.75. The van der Waals surface area contributed by atoms with Crippen LogP contribution in [0.1, 0.15) is 36.8 Å². The van der Waals surface area contributed by atoms with E-state index < -0.39 is 0 Å². The largest absolute Gasteiger partial charge is 0.356 e. The molecule has 1 aliphatic carbocycles. The minimum Gasteiger partial charge on any atom is -0.356 e. The highest BCUT2D eigenvalue weighted by Gasteiger charge is 2.30. The summed E-state index contributed by atoms with van der Waals surface area (Å²) in [6.45, 7) is 1.29. The van der Waals surface area contributed by atoms with E-state index >= 15 is 0 Å². The summed E-state index contributed by atoms with van der Waals surface area (Å²) in [5, 5.41) is 6.11. The number of carbonyl (C=O) groups is 2. The number of benzene rings is 2. The average molecular weight is 379 g/mol. The van der Waals surface area contributed by atoms with E-state index in [2.05, 4.69) is 34.9 Å². The van der Waals surface area contributed by atoms with E-state index in [-0.39, 0.29) is 23.7 Å². The maximum atomic E-state index is 12.5. The number of hydrogen-bond donors (Lipinski definition) is 2. The lowest BCUT2D eigenvalue weighted by Gasteiger charge is -2.27. The first-order chi connectivity index (χ1) is 13.7. The lowest BCUT2D eigenvalue weighted by molar-refractivity contribution is -0.130. The quantitative estimate of drug-likeness (QED) is 0.738. The molecule has 148 valence electrons. The van der Waals surface area contributed by atoms with Gasteiger partial charge in [-0.05, 0) is 43.2 Å². The van der Waals surface area contributed by atoms with E-state index in [1.165, 1.54) is 11.1 Å². The van der Waals surface area contributed by atoms with Gasteiger partial charge < -0.3 is 10.6 Å². The van der Waals surface area contributed by atoms with Crippen LogP contribution >= 0.6 is 0 Å². The van der Waals surface area contributed by atoms with Crippen molar-refractivity contribution in [2.24, 2.45) is 11.8 Å². The molecule has 0 bridgehead atoms. The van der Waals surface area contributed by atoms with Gasteiger partial charge in [0.05, 0.1) is 0 Å². The van der Waals surface area contributed by atoms with Gasteiger partial charge in [-0.25, -0.2) is 0 Å². The van der Waals surface area contributed by atoms with Crippen LogP contribution in [-0.4, -0.2) is 24.9 Å². The SMILES string of the molecule is O=C(NCCc1ccccc1)C1CCCC(C(=O)NCCc2ccccc2)C1. The first-order valence-electron chi connectivity index (χ1n) is 10.4. The minimum atomic E-state index is -0.0469. The molecule has 1 aliphatic rings. The highest BCUT2D eigenvalue weighted by Crippen LogP contribution is 2.29. The Kier molecular flexibility index (Phi) is 7.65. The van der Waals surface area contributed by atoms with Gasteiger partial charge in [0.1, 0.15) is 0 Å². The summed E-state index contributed by atoms with van der Waals surface area (Å²) in [5.74, 6) is 0.0965. The molecule has 28 heavy (non-hydrogen) atoms. The number of carbonyl (C=O) groups excluding carboxylic acids is 2. The van der Waals surface area contributed by atoms with Crippen molar-refractivity contribution in [3.63, 3.8) is 0 Å². The maximum absolute atomic E-state index is 12.5. The molecule has 0 saturated heterocycles. The zero-order chi connectivity index (χ0) is 19.6. The van der Waals surface area contributed by atoms with Crippen LogP contribution in [0.5, 0.6) is 0 Å². The number of rotatable bonds is 8. The number of hydrogen-bond acceptors (Lipinski definition) is 2. The molecule has 3 rings (SSSR count). The second-order valence-corrected chi connectivity index (χ2v) is 7.61. The minimum absolute atomic E-state index is 0.0469. The molecule has 2 unspecified atom stereocenters. The van der Waals surface area contributed by atoms with E-state index in [9.17, 15) is 9.59 Å². The van der Waals surface area contributed by atoms with Gasteiger partial charge in [0.2, 0.25) is 11.8 Å². The Bertz CT molecular complexity index is 682. The molecule has 0 aliphatic heterocycles. The molecular weight excluding hydrogens is 348 g/mol. The van der Waals surface area contributed by atoms with Crippen LogP contribution in [0.4, 0.5) is 0 Å². The van der Waals surface area contributed by atoms with Gasteiger partial charge >= 0.3 is 0 Å². The Morgan fingerprint density at radius 1 is 0.714 bits per heavy atom. The molecule has 0 heterocycles. The van der Waals surface area contributed by atoms with Crippen molar-refractivity contribution in [1.29, 1.82) is 0 Å². The van der Waals surface area contributed by atoms with Gasteiger partial charge in [-0.1, -0.05) is 67.1 Å². The normalized spacial score (nSPS) is 19.0. The highest BCUT2D eigenvalue weighted by atomic mass is 16.2. The number of amides is 2. The number of nitrogens with one attached hydrogen (secondary N) is 2. The van der Waals surface area contributed by atoms with Crippen molar-refractivity contribution in [3.05, 3.63) is 71.8 Å². The summed E-state index contributed by atoms with van der Waals surface area (Å²) >= 11 is 0. The van der Waals surface area contributed by atoms with Crippen LogP contribution < -0.4 is 10.6 Å². The van der Waals surface area contributed by atoms with E-state index in [1.54, 1.807) is 0 Å². The standard InChI is InChI=1S/C24H30N2O2/c27-23(25-16-14-19-8-3-1-4-9-19)21-12-7-13-22(18-21)24(28)26-17-15-20-10-5-2-6-11-20/h1-6,8-11,21-22H,7,12-18H2,(H,25,27)(H,26,28). The van der Waals surface area contributed by atoms with E-state index in [0.717, 1.165) is 32.1 Å². The fourth-order valence-electron chi connectivity index (χ4n) is 3.90. The first-order valence-corrected chi connectivity index (χ1v) is 10.4. The molecule has 2 N–H and O–H groups in total. The third-order valence-electron chi connectivity index (χ3n) is 5.53. The van der Waals surface area contributed by atoms with Crippen LogP contribution in [0.2, 0.25) is 0 Å². The van der Waals surface area contributed by atoms with Gasteiger partial charge in [-0.2, -0.15) is 0 Å². The molecular formula is C24H30N2O2. The van der Waals surface area contributed by atoms with Crippen molar-refractivity contribution in [2.75, 3.05) is 13.1 Å². The van der Waals surface area contributed by atoms with Crippen LogP contribution in [0.3, 0.4) is 0 Å². The zero-order valence-electron chi connectivity index (χ0n) is 16.4. The Morgan fingerprint density at radius 2 is 1.14 bits per heavy atom. The summed E-state index contributed by atoms with van der Waals surface area (Å²) in [6, 6.07) is 20.3. The summed E-state index contributed by atoms with van der Waals surface area (Å²) in [6.07, 6.45) is 5.03. The van der Waals surface area contributed by atoms with Gasteiger partial charge in [0.25, 0.3) is 0 Å². The fraction of sp³-hybridized carbons (Fsp3) is 0.417. The lowest BCUT2D eigenvalue weighted by atomic mass is 9.80. The topological polar surface area (TPSA) is 58.2 Å². The molecule has 2 aromatic rings. The molecule has 1 fully saturated rings. The van der Waals surface area contributed by atoms with Gasteiger partial charge in [-0.15, -0.1) is 0 Å². The molecule has 4 nitrogen and oxygen atoms in total. The Morgan fingerprint density at radius 3 is 1.57 bits per heavy atom. The molecule has 0 aromatic heterocycles. The summed E-state index contributed by atoms with van der Waals surface area (Å²) < 4.78 is 0. The van der Waals surface area contributed by atoms with Crippen molar-refractivity contribution in [2.45, 2.75) is 38.5 Å². The molecule has 1 saturated carbocycles. The maximum Gasteiger partial charge on any atom is 0.223 e. The predicted molar refractivity (Wildman–Crippen MR) is 112 cm³/mol. The van der Waals surface area contributed by atoms with E-state index in [0.29, 0.717) is 19.5 Å². The van der Waals surface area contributed by atoms with Crippen molar-refractivity contribution >= 4 is 11.8 Å². The van der Waals surface area contributed by atoms with Gasteiger partial charge in [-0.3, -0.25) is 9.59 Å². The van der Waals surface area contributed by atoms with E-state index in [1.807, 2.05) is 36.4 Å². The van der Waals surface area contributed by atoms with Gasteiger partial charge in [0, 0.05) is 24.9 Å². The molecule has 2 aromatic carbocycles. The van der Waals surface area contributed by atoms with Crippen molar-refractivity contribution in [1.82, 2.24) is 10.6 Å². The Balaban J connectivity index is 1.38. The third-order valence-corrected chi connectivity index (χ3v) is 5.53. The monoisotopic (exact) mass is 378 g/mol. The van der Waals surface area contributed by atoms with Crippen LogP contribution in [0.25, 0.3) is 0 Å². The van der Waals surface area contributed by atoms with Crippen molar-refractivity contribution < 1.29 is 9.59 Å².